The first-order valence-corrected chi connectivity index (χ1v) is 6.50. The van der Waals surface area contributed by atoms with Crippen LogP contribution in [0, 0.1) is 0 Å². The number of aliphatic hydroxyl groups excluding tert-OH is 1. The van der Waals surface area contributed by atoms with Crippen LogP contribution < -0.4 is 10.5 Å². The fraction of sp³-hybridized carbons (Fsp3) is 0.200. The molecule has 1 aromatic carbocycles. The number of nitrogen functional groups attached to an aromatic ring is 1. The van der Waals surface area contributed by atoms with Crippen LogP contribution in [0.5, 0.6) is 0 Å². The predicted octanol–water partition coefficient (Wildman–Crippen LogP) is 0.0207. The van der Waals surface area contributed by atoms with Crippen LogP contribution in [-0.2, 0) is 10.0 Å². The largest absolute Gasteiger partial charge is 0.399 e. The molecule has 17 heavy (non-hydrogen) atoms. The molecule has 0 saturated heterocycles. The lowest BCUT2D eigenvalue weighted by atomic mass is 10.2. The van der Waals surface area contributed by atoms with Crippen LogP contribution in [0.1, 0.15) is 0 Å². The van der Waals surface area contributed by atoms with Gasteiger partial charge in [-0.25, -0.2) is 13.1 Å². The maximum Gasteiger partial charge on any atom is 0.242 e. The Hall–Kier alpha value is -1.57. The molecule has 0 fully saturated rings. The number of aromatic nitrogens is 1. The van der Waals surface area contributed by atoms with Crippen molar-refractivity contribution in [1.29, 1.82) is 0 Å². The number of nitrogens with two attached hydrogens (primary N) is 1. The van der Waals surface area contributed by atoms with Crippen molar-refractivity contribution in [1.82, 2.24) is 9.71 Å². The van der Waals surface area contributed by atoms with Gasteiger partial charge in [0.2, 0.25) is 10.0 Å². The van der Waals surface area contributed by atoms with Crippen LogP contribution in [0.25, 0.3) is 10.9 Å². The summed E-state index contributed by atoms with van der Waals surface area (Å²) in [6.45, 7) is -0.263. The quantitative estimate of drug-likeness (QED) is 0.577. The van der Waals surface area contributed by atoms with Gasteiger partial charge in [0.15, 0.2) is 0 Å². The smallest absolute Gasteiger partial charge is 0.242 e. The van der Waals surface area contributed by atoms with Crippen LogP contribution in [0.2, 0.25) is 0 Å². The summed E-state index contributed by atoms with van der Waals surface area (Å²) in [5, 5.41) is 9.17. The van der Waals surface area contributed by atoms with Gasteiger partial charge in [-0.15, -0.1) is 0 Å². The second-order valence-corrected chi connectivity index (χ2v) is 5.31. The molecule has 0 amide bonds. The van der Waals surface area contributed by atoms with Gasteiger partial charge < -0.3 is 15.8 Å². The molecule has 0 atom stereocenters. The van der Waals surface area contributed by atoms with E-state index in [0.29, 0.717) is 16.6 Å². The maximum atomic E-state index is 11.9. The lowest BCUT2D eigenvalue weighted by molar-refractivity contribution is 0.301. The first kappa shape index (κ1) is 11.9. The number of rotatable bonds is 4. The molecule has 0 unspecified atom stereocenters. The van der Waals surface area contributed by atoms with Crippen molar-refractivity contribution in [2.24, 2.45) is 0 Å². The molecule has 2 aromatic rings. The van der Waals surface area contributed by atoms with E-state index in [2.05, 4.69) is 9.71 Å². The van der Waals surface area contributed by atoms with E-state index in [1.165, 1.54) is 6.20 Å². The number of nitrogens with one attached hydrogen (secondary N) is 2. The summed E-state index contributed by atoms with van der Waals surface area (Å²) >= 11 is 0. The van der Waals surface area contributed by atoms with E-state index in [0.717, 1.165) is 0 Å². The molecule has 6 nitrogen and oxygen atoms in total. The van der Waals surface area contributed by atoms with Crippen molar-refractivity contribution in [3.63, 3.8) is 0 Å². The van der Waals surface area contributed by atoms with E-state index in [9.17, 15) is 8.42 Å². The lowest BCUT2D eigenvalue weighted by Gasteiger charge is -2.03. The fourth-order valence-electron chi connectivity index (χ4n) is 1.59. The number of benzene rings is 1. The van der Waals surface area contributed by atoms with Gasteiger partial charge in [-0.2, -0.15) is 0 Å². The first-order valence-electron chi connectivity index (χ1n) is 5.02. The zero-order valence-electron chi connectivity index (χ0n) is 8.97. The van der Waals surface area contributed by atoms with Crippen LogP contribution in [0.15, 0.2) is 29.3 Å². The summed E-state index contributed by atoms with van der Waals surface area (Å²) in [5.74, 6) is 0. The third-order valence-electron chi connectivity index (χ3n) is 2.36. The van der Waals surface area contributed by atoms with Crippen LogP contribution in [0.4, 0.5) is 5.69 Å². The molecular weight excluding hydrogens is 242 g/mol. The van der Waals surface area contributed by atoms with Crippen molar-refractivity contribution in [2.45, 2.75) is 4.90 Å². The molecule has 0 aliphatic heterocycles. The Bertz CT molecular complexity index is 633. The predicted molar refractivity (Wildman–Crippen MR) is 65.0 cm³/mol. The van der Waals surface area contributed by atoms with Crippen molar-refractivity contribution < 1.29 is 13.5 Å². The van der Waals surface area contributed by atoms with Crippen LogP contribution in [0.3, 0.4) is 0 Å². The van der Waals surface area contributed by atoms with E-state index in [4.69, 9.17) is 10.8 Å². The van der Waals surface area contributed by atoms with Gasteiger partial charge in [-0.05, 0) is 18.2 Å². The number of anilines is 1. The van der Waals surface area contributed by atoms with Gasteiger partial charge in [0.1, 0.15) is 4.90 Å². The molecule has 1 aromatic heterocycles. The minimum Gasteiger partial charge on any atom is -0.399 e. The van der Waals surface area contributed by atoms with Gasteiger partial charge in [0.25, 0.3) is 0 Å². The minimum absolute atomic E-state index is 0.0165. The topological polar surface area (TPSA) is 108 Å². The number of hydrogen-bond acceptors (Lipinski definition) is 4. The molecule has 7 heteroatoms. The van der Waals surface area contributed by atoms with Crippen LogP contribution >= 0.6 is 0 Å². The Morgan fingerprint density at radius 3 is 2.88 bits per heavy atom. The first-order chi connectivity index (χ1) is 8.04. The van der Waals surface area contributed by atoms with E-state index >= 15 is 0 Å². The fourth-order valence-corrected chi connectivity index (χ4v) is 2.78. The summed E-state index contributed by atoms with van der Waals surface area (Å²) < 4.78 is 26.1. The second kappa shape index (κ2) is 4.36. The summed E-state index contributed by atoms with van der Waals surface area (Å²) in [6, 6.07) is 5.01. The molecule has 0 aliphatic rings. The van der Waals surface area contributed by atoms with Crippen LogP contribution in [-0.4, -0.2) is 31.7 Å². The third kappa shape index (κ3) is 2.26. The van der Waals surface area contributed by atoms with Gasteiger partial charge in [0, 0.05) is 29.3 Å². The Balaban J connectivity index is 2.52. The number of H-pyrrole nitrogens is 1. The molecule has 5 N–H and O–H groups in total. The zero-order valence-corrected chi connectivity index (χ0v) is 9.79. The summed E-state index contributed by atoms with van der Waals surface area (Å²) in [6.07, 6.45) is 1.41. The molecule has 0 spiro atoms. The monoisotopic (exact) mass is 255 g/mol. The third-order valence-corrected chi connectivity index (χ3v) is 3.86. The molecule has 0 radical (unpaired) electrons. The van der Waals surface area contributed by atoms with E-state index in [1.54, 1.807) is 18.2 Å². The van der Waals surface area contributed by atoms with E-state index in [-0.39, 0.29) is 18.0 Å². The number of aliphatic hydroxyl groups is 1. The number of sulfonamides is 1. The molecule has 2 rings (SSSR count). The second-order valence-electron chi connectivity index (χ2n) is 3.58. The standard InChI is InChI=1S/C10H13N3O3S/c11-7-1-2-9-8(5-7)10(6-12-9)17(15,16)13-3-4-14/h1-2,5-6,12-14H,3-4,11H2. The molecular formula is C10H13N3O3S. The number of aromatic amines is 1. The SMILES string of the molecule is Nc1ccc2[nH]cc(S(=O)(=O)NCCO)c2c1. The lowest BCUT2D eigenvalue weighted by Crippen LogP contribution is -2.26. The molecule has 92 valence electrons. The van der Waals surface area contributed by atoms with Crippen molar-refractivity contribution >= 4 is 26.6 Å². The highest BCUT2D eigenvalue weighted by Crippen LogP contribution is 2.24. The molecule has 0 bridgehead atoms. The highest BCUT2D eigenvalue weighted by atomic mass is 32.2. The Morgan fingerprint density at radius 2 is 2.18 bits per heavy atom. The number of hydrogen-bond donors (Lipinski definition) is 4. The average Bonchev–Trinajstić information content (AvgIpc) is 2.70. The molecule has 1 heterocycles. The van der Waals surface area contributed by atoms with Gasteiger partial charge >= 0.3 is 0 Å². The van der Waals surface area contributed by atoms with Crippen molar-refractivity contribution in [3.8, 4) is 0 Å². The summed E-state index contributed by atoms with van der Waals surface area (Å²) in [4.78, 5) is 2.99. The molecule has 0 saturated carbocycles. The number of fused-ring (bicyclic) bond motifs is 1. The Labute approximate surface area is 98.5 Å². The average molecular weight is 255 g/mol. The molecule has 0 aliphatic carbocycles. The van der Waals surface area contributed by atoms with Crippen molar-refractivity contribution in [2.75, 3.05) is 18.9 Å². The normalized spacial score (nSPS) is 12.1. The highest BCUT2D eigenvalue weighted by molar-refractivity contribution is 7.89. The summed E-state index contributed by atoms with van der Waals surface area (Å²) in [5.41, 5.74) is 6.82. The van der Waals surface area contributed by atoms with Gasteiger partial charge in [0.05, 0.1) is 6.61 Å². The van der Waals surface area contributed by atoms with Gasteiger partial charge in [-0.3, -0.25) is 0 Å². The zero-order chi connectivity index (χ0) is 12.5. The Kier molecular flexibility index (Phi) is 3.05. The Morgan fingerprint density at radius 1 is 1.41 bits per heavy atom. The van der Waals surface area contributed by atoms with Crippen molar-refractivity contribution in [3.05, 3.63) is 24.4 Å². The van der Waals surface area contributed by atoms with E-state index in [1.807, 2.05) is 0 Å². The highest BCUT2D eigenvalue weighted by Gasteiger charge is 2.18. The maximum absolute atomic E-state index is 11.9. The summed E-state index contributed by atoms with van der Waals surface area (Å²) in [7, 11) is -3.62. The van der Waals surface area contributed by atoms with E-state index < -0.39 is 10.0 Å². The minimum atomic E-state index is -3.62. The van der Waals surface area contributed by atoms with Gasteiger partial charge in [-0.1, -0.05) is 0 Å².